The quantitative estimate of drug-likeness (QED) is 0.554. The van der Waals surface area contributed by atoms with Gasteiger partial charge >= 0.3 is 0 Å². The number of hydrogen-bond donors (Lipinski definition) is 1. The summed E-state index contributed by atoms with van der Waals surface area (Å²) in [6.45, 7) is 10.2. The van der Waals surface area contributed by atoms with Gasteiger partial charge < -0.3 is 5.32 Å². The molecular formula is C14H33N. The van der Waals surface area contributed by atoms with Crippen molar-refractivity contribution in [1.82, 2.24) is 5.32 Å². The molecule has 0 aliphatic rings. The Morgan fingerprint density at radius 1 is 0.800 bits per heavy atom. The standard InChI is InChI=1S/C13H29N.CH4/c1-12(2)10-8-6-5-7-9-11-14-13(3)4;/h12-14H,5-11H2,1-4H3;1H4. The predicted octanol–water partition coefficient (Wildman–Crippen LogP) is 4.62. The van der Waals surface area contributed by atoms with Crippen LogP contribution in [0.3, 0.4) is 0 Å². The van der Waals surface area contributed by atoms with E-state index in [2.05, 4.69) is 33.0 Å². The number of unbranched alkanes of at least 4 members (excludes halogenated alkanes) is 4. The van der Waals surface area contributed by atoms with E-state index < -0.39 is 0 Å². The van der Waals surface area contributed by atoms with Gasteiger partial charge in [-0.3, -0.25) is 0 Å². The molecule has 0 aliphatic carbocycles. The van der Waals surface area contributed by atoms with Crippen LogP contribution in [-0.4, -0.2) is 12.6 Å². The van der Waals surface area contributed by atoms with Gasteiger partial charge in [-0.1, -0.05) is 67.2 Å². The van der Waals surface area contributed by atoms with Crippen molar-refractivity contribution in [3.8, 4) is 0 Å². The van der Waals surface area contributed by atoms with Gasteiger partial charge in [-0.05, 0) is 18.9 Å². The van der Waals surface area contributed by atoms with Gasteiger partial charge in [0.2, 0.25) is 0 Å². The van der Waals surface area contributed by atoms with E-state index in [0.717, 1.165) is 5.92 Å². The fourth-order valence-corrected chi connectivity index (χ4v) is 1.60. The minimum Gasteiger partial charge on any atom is -0.315 e. The second kappa shape index (κ2) is 12.0. The topological polar surface area (TPSA) is 12.0 Å². The Labute approximate surface area is 98.0 Å². The summed E-state index contributed by atoms with van der Waals surface area (Å²) in [6, 6.07) is 0.649. The van der Waals surface area contributed by atoms with Crippen LogP contribution in [0.25, 0.3) is 0 Å². The minimum absolute atomic E-state index is 0. The Kier molecular flexibility index (Phi) is 13.9. The molecule has 0 aromatic carbocycles. The van der Waals surface area contributed by atoms with Crippen molar-refractivity contribution in [3.05, 3.63) is 0 Å². The fourth-order valence-electron chi connectivity index (χ4n) is 1.60. The van der Waals surface area contributed by atoms with Crippen LogP contribution in [0, 0.1) is 5.92 Å². The summed E-state index contributed by atoms with van der Waals surface area (Å²) in [4.78, 5) is 0. The molecule has 0 aromatic heterocycles. The second-order valence-electron chi connectivity index (χ2n) is 5.06. The highest BCUT2D eigenvalue weighted by Crippen LogP contribution is 2.10. The van der Waals surface area contributed by atoms with Crippen molar-refractivity contribution in [2.24, 2.45) is 5.92 Å². The van der Waals surface area contributed by atoms with Crippen molar-refractivity contribution in [3.63, 3.8) is 0 Å². The van der Waals surface area contributed by atoms with E-state index in [1.165, 1.54) is 45.1 Å². The van der Waals surface area contributed by atoms with Crippen LogP contribution in [0.4, 0.5) is 0 Å². The summed E-state index contributed by atoms with van der Waals surface area (Å²) < 4.78 is 0. The first-order valence-electron chi connectivity index (χ1n) is 6.36. The van der Waals surface area contributed by atoms with Crippen LogP contribution < -0.4 is 5.32 Å². The molecule has 0 saturated heterocycles. The third-order valence-electron chi connectivity index (χ3n) is 2.51. The third-order valence-corrected chi connectivity index (χ3v) is 2.51. The van der Waals surface area contributed by atoms with Crippen molar-refractivity contribution in [2.45, 2.75) is 79.7 Å². The number of hydrogen-bond acceptors (Lipinski definition) is 1. The van der Waals surface area contributed by atoms with Crippen LogP contribution >= 0.6 is 0 Å². The predicted molar refractivity (Wildman–Crippen MR) is 72.4 cm³/mol. The summed E-state index contributed by atoms with van der Waals surface area (Å²) in [6.07, 6.45) is 8.43. The third kappa shape index (κ3) is 16.6. The van der Waals surface area contributed by atoms with Crippen LogP contribution in [0.5, 0.6) is 0 Å². The van der Waals surface area contributed by atoms with E-state index in [0.29, 0.717) is 6.04 Å². The van der Waals surface area contributed by atoms with Crippen molar-refractivity contribution >= 4 is 0 Å². The lowest BCUT2D eigenvalue weighted by molar-refractivity contribution is 0.501. The van der Waals surface area contributed by atoms with E-state index in [-0.39, 0.29) is 7.43 Å². The molecule has 0 aliphatic heterocycles. The first kappa shape index (κ1) is 17.4. The molecule has 0 spiro atoms. The summed E-state index contributed by atoms with van der Waals surface area (Å²) >= 11 is 0. The number of nitrogens with one attached hydrogen (secondary N) is 1. The van der Waals surface area contributed by atoms with Crippen molar-refractivity contribution in [1.29, 1.82) is 0 Å². The van der Waals surface area contributed by atoms with Gasteiger partial charge in [0.1, 0.15) is 0 Å². The highest BCUT2D eigenvalue weighted by atomic mass is 14.9. The molecule has 1 N–H and O–H groups in total. The summed E-state index contributed by atoms with van der Waals surface area (Å²) in [5.41, 5.74) is 0. The van der Waals surface area contributed by atoms with E-state index in [1.807, 2.05) is 0 Å². The molecule has 0 unspecified atom stereocenters. The SMILES string of the molecule is C.CC(C)CCCCCCCNC(C)C. The Bertz CT molecular complexity index is 93.9. The Morgan fingerprint density at radius 2 is 1.33 bits per heavy atom. The molecule has 0 amide bonds. The average molecular weight is 215 g/mol. The lowest BCUT2D eigenvalue weighted by atomic mass is 10.0. The molecule has 0 saturated carbocycles. The molecule has 15 heavy (non-hydrogen) atoms. The maximum absolute atomic E-state index is 3.45. The monoisotopic (exact) mass is 215 g/mol. The summed E-state index contributed by atoms with van der Waals surface area (Å²) in [7, 11) is 0. The molecule has 0 fully saturated rings. The van der Waals surface area contributed by atoms with Gasteiger partial charge in [0.15, 0.2) is 0 Å². The molecule has 0 aromatic rings. The molecule has 0 rings (SSSR count). The molecule has 94 valence electrons. The molecule has 0 bridgehead atoms. The maximum atomic E-state index is 3.45. The normalized spacial score (nSPS) is 10.8. The highest BCUT2D eigenvalue weighted by molar-refractivity contribution is 4.53. The van der Waals surface area contributed by atoms with E-state index in [9.17, 15) is 0 Å². The molecule has 1 heteroatoms. The van der Waals surface area contributed by atoms with E-state index in [1.54, 1.807) is 0 Å². The van der Waals surface area contributed by atoms with Gasteiger partial charge in [0.05, 0.1) is 0 Å². The van der Waals surface area contributed by atoms with Crippen molar-refractivity contribution in [2.75, 3.05) is 6.54 Å². The zero-order valence-electron chi connectivity index (χ0n) is 10.6. The van der Waals surface area contributed by atoms with Crippen molar-refractivity contribution < 1.29 is 0 Å². The molecule has 0 heterocycles. The van der Waals surface area contributed by atoms with Gasteiger partial charge in [0.25, 0.3) is 0 Å². The number of rotatable bonds is 9. The molecule has 0 radical (unpaired) electrons. The first-order chi connectivity index (χ1) is 6.63. The van der Waals surface area contributed by atoms with E-state index >= 15 is 0 Å². The Balaban J connectivity index is 0. The van der Waals surface area contributed by atoms with Gasteiger partial charge in [-0.15, -0.1) is 0 Å². The van der Waals surface area contributed by atoms with Crippen LogP contribution in [0.2, 0.25) is 0 Å². The highest BCUT2D eigenvalue weighted by Gasteiger charge is 1.95. The zero-order valence-corrected chi connectivity index (χ0v) is 10.6. The van der Waals surface area contributed by atoms with Crippen LogP contribution in [-0.2, 0) is 0 Å². The van der Waals surface area contributed by atoms with Crippen LogP contribution in [0.1, 0.15) is 73.6 Å². The maximum Gasteiger partial charge on any atom is 0.00103 e. The Morgan fingerprint density at radius 3 is 1.87 bits per heavy atom. The lowest BCUT2D eigenvalue weighted by Crippen LogP contribution is -2.23. The fraction of sp³-hybridized carbons (Fsp3) is 1.00. The smallest absolute Gasteiger partial charge is 0.00103 e. The molecule has 0 atom stereocenters. The minimum atomic E-state index is 0. The molecule has 1 nitrogen and oxygen atoms in total. The largest absolute Gasteiger partial charge is 0.315 e. The first-order valence-corrected chi connectivity index (χ1v) is 6.36. The summed E-state index contributed by atoms with van der Waals surface area (Å²) in [5, 5.41) is 3.45. The van der Waals surface area contributed by atoms with Crippen LogP contribution in [0.15, 0.2) is 0 Å². The second-order valence-corrected chi connectivity index (χ2v) is 5.06. The summed E-state index contributed by atoms with van der Waals surface area (Å²) in [5.74, 6) is 0.887. The van der Waals surface area contributed by atoms with Gasteiger partial charge in [-0.25, -0.2) is 0 Å². The molecular weight excluding hydrogens is 182 g/mol. The lowest BCUT2D eigenvalue weighted by Gasteiger charge is -2.07. The Hall–Kier alpha value is -0.0400. The van der Waals surface area contributed by atoms with E-state index in [4.69, 9.17) is 0 Å². The average Bonchev–Trinajstić information content (AvgIpc) is 2.08. The van der Waals surface area contributed by atoms with Gasteiger partial charge in [-0.2, -0.15) is 0 Å². The zero-order chi connectivity index (χ0) is 10.8. The van der Waals surface area contributed by atoms with Gasteiger partial charge in [0, 0.05) is 6.04 Å².